The zero-order valence-corrected chi connectivity index (χ0v) is 14.2. The van der Waals surface area contributed by atoms with Crippen molar-refractivity contribution in [3.63, 3.8) is 0 Å². The molecule has 0 spiro atoms. The Morgan fingerprint density at radius 3 is 2.72 bits per heavy atom. The summed E-state index contributed by atoms with van der Waals surface area (Å²) in [5, 5.41) is 0.603. The van der Waals surface area contributed by atoms with Crippen LogP contribution in [0.4, 0.5) is 13.2 Å². The fraction of sp³-hybridized carbons (Fsp3) is 0.529. The summed E-state index contributed by atoms with van der Waals surface area (Å²) in [4.78, 5) is 15.1. The van der Waals surface area contributed by atoms with E-state index in [1.165, 1.54) is 18.2 Å². The molecule has 0 aliphatic carbocycles. The first-order valence-electron chi connectivity index (χ1n) is 8.30. The molecule has 25 heavy (non-hydrogen) atoms. The molecule has 5 rings (SSSR count). The van der Waals surface area contributed by atoms with Gasteiger partial charge in [0.25, 0.3) is 0 Å². The maximum absolute atomic E-state index is 12.7. The number of ether oxygens (including phenoxy) is 1. The van der Waals surface area contributed by atoms with Crippen molar-refractivity contribution in [3.05, 3.63) is 23.9 Å². The Morgan fingerprint density at radius 1 is 1.32 bits per heavy atom. The first kappa shape index (κ1) is 16.8. The van der Waals surface area contributed by atoms with Gasteiger partial charge in [-0.1, -0.05) is 0 Å². The molecular formula is C17H17F3N2O2S. The lowest BCUT2D eigenvalue weighted by Crippen LogP contribution is -2.47. The van der Waals surface area contributed by atoms with Crippen molar-refractivity contribution < 1.29 is 22.7 Å². The van der Waals surface area contributed by atoms with Crippen LogP contribution in [0.25, 0.3) is 10.1 Å². The van der Waals surface area contributed by atoms with E-state index in [2.05, 4.69) is 14.0 Å². The number of ketones is 1. The number of benzene rings is 1. The Kier molecular flexibility index (Phi) is 4.19. The van der Waals surface area contributed by atoms with Crippen molar-refractivity contribution in [3.8, 4) is 5.75 Å². The number of alkyl halides is 3. The van der Waals surface area contributed by atoms with Gasteiger partial charge in [-0.15, -0.1) is 13.2 Å². The first-order valence-corrected chi connectivity index (χ1v) is 9.07. The van der Waals surface area contributed by atoms with Gasteiger partial charge >= 0.3 is 6.36 Å². The highest BCUT2D eigenvalue weighted by Gasteiger charge is 2.36. The predicted molar refractivity (Wildman–Crippen MR) is 87.9 cm³/mol. The number of halogens is 3. The number of aromatic nitrogens is 1. The highest BCUT2D eigenvalue weighted by molar-refractivity contribution is 7.13. The lowest BCUT2D eigenvalue weighted by molar-refractivity contribution is -0.274. The summed E-state index contributed by atoms with van der Waals surface area (Å²) in [7, 11) is 0. The second-order valence-corrected chi connectivity index (χ2v) is 7.57. The van der Waals surface area contributed by atoms with Crippen molar-refractivity contribution in [1.82, 2.24) is 9.27 Å². The van der Waals surface area contributed by atoms with Crippen LogP contribution in [0.15, 0.2) is 18.2 Å². The van der Waals surface area contributed by atoms with E-state index in [0.29, 0.717) is 34.0 Å². The summed E-state index contributed by atoms with van der Waals surface area (Å²) in [6.45, 7) is 3.20. The highest BCUT2D eigenvalue weighted by Crippen LogP contribution is 2.36. The van der Waals surface area contributed by atoms with Gasteiger partial charge in [0.15, 0.2) is 5.78 Å². The van der Waals surface area contributed by atoms with Crippen LogP contribution in [0.5, 0.6) is 5.75 Å². The summed E-state index contributed by atoms with van der Waals surface area (Å²) in [5.74, 6) is 0.653. The van der Waals surface area contributed by atoms with E-state index in [1.807, 2.05) is 0 Å². The van der Waals surface area contributed by atoms with Gasteiger partial charge in [-0.25, -0.2) is 0 Å². The number of carbonyl (C=O) groups is 1. The fourth-order valence-corrected chi connectivity index (χ4v) is 4.79. The first-order chi connectivity index (χ1) is 11.9. The van der Waals surface area contributed by atoms with Gasteiger partial charge in [-0.05, 0) is 67.5 Å². The van der Waals surface area contributed by atoms with Crippen LogP contribution in [-0.2, 0) is 0 Å². The van der Waals surface area contributed by atoms with Gasteiger partial charge in [0.2, 0.25) is 0 Å². The van der Waals surface area contributed by atoms with Gasteiger partial charge in [-0.2, -0.15) is 4.37 Å². The third-order valence-corrected chi connectivity index (χ3v) is 5.99. The molecule has 3 saturated heterocycles. The monoisotopic (exact) mass is 370 g/mol. The summed E-state index contributed by atoms with van der Waals surface area (Å²) < 4.78 is 45.6. The van der Waals surface area contributed by atoms with Gasteiger partial charge in [0.05, 0.1) is 4.70 Å². The van der Waals surface area contributed by atoms with E-state index >= 15 is 0 Å². The molecule has 3 aliphatic rings. The fourth-order valence-electron chi connectivity index (χ4n) is 3.97. The summed E-state index contributed by atoms with van der Waals surface area (Å²) in [6, 6.07) is 4.00. The molecule has 0 N–H and O–H groups in total. The maximum Gasteiger partial charge on any atom is 0.573 e. The average Bonchev–Trinajstić information content (AvgIpc) is 2.97. The zero-order valence-electron chi connectivity index (χ0n) is 13.4. The molecule has 134 valence electrons. The van der Waals surface area contributed by atoms with Crippen molar-refractivity contribution in [1.29, 1.82) is 0 Å². The Labute approximate surface area is 146 Å². The van der Waals surface area contributed by atoms with Crippen LogP contribution >= 0.6 is 11.5 Å². The Morgan fingerprint density at radius 2 is 2.08 bits per heavy atom. The molecule has 2 bridgehead atoms. The number of carbonyl (C=O) groups excluding carboxylic acids is 1. The third-order valence-electron chi connectivity index (χ3n) is 5.18. The molecule has 1 aromatic heterocycles. The van der Waals surface area contributed by atoms with E-state index < -0.39 is 6.36 Å². The second-order valence-electron chi connectivity index (χ2n) is 6.76. The highest BCUT2D eigenvalue weighted by atomic mass is 32.1. The van der Waals surface area contributed by atoms with E-state index in [9.17, 15) is 18.0 Å². The van der Waals surface area contributed by atoms with E-state index in [4.69, 9.17) is 0 Å². The summed E-state index contributed by atoms with van der Waals surface area (Å²) >= 11 is 1.03. The molecule has 2 aromatic rings. The number of nitrogens with zero attached hydrogens (tertiary/aromatic N) is 2. The van der Waals surface area contributed by atoms with Crippen LogP contribution in [0.1, 0.15) is 29.8 Å². The number of rotatable bonds is 4. The van der Waals surface area contributed by atoms with Crippen molar-refractivity contribution in [2.24, 2.45) is 11.8 Å². The molecule has 4 heterocycles. The Bertz CT molecular complexity index is 797. The molecule has 0 unspecified atom stereocenters. The summed E-state index contributed by atoms with van der Waals surface area (Å²) in [6.07, 6.45) is -1.98. The minimum absolute atomic E-state index is 0.0190. The molecule has 8 heteroatoms. The van der Waals surface area contributed by atoms with Crippen LogP contribution in [0, 0.1) is 11.8 Å². The molecular weight excluding hydrogens is 353 g/mol. The number of piperidine rings is 3. The Hall–Kier alpha value is -1.67. The second kappa shape index (κ2) is 6.25. The number of hydrogen-bond acceptors (Lipinski definition) is 5. The zero-order chi connectivity index (χ0) is 17.6. The Balaban J connectivity index is 1.52. The minimum Gasteiger partial charge on any atom is -0.406 e. The molecule has 0 radical (unpaired) electrons. The topological polar surface area (TPSA) is 42.4 Å². The van der Waals surface area contributed by atoms with Crippen LogP contribution in [0.2, 0.25) is 0 Å². The SMILES string of the molecule is O=C(C[C@H]1CN2CCC1CC2)c1nsc2cc(OC(F)(F)F)ccc12. The third kappa shape index (κ3) is 3.50. The van der Waals surface area contributed by atoms with E-state index in [0.717, 1.165) is 44.0 Å². The van der Waals surface area contributed by atoms with Gasteiger partial charge in [0, 0.05) is 18.4 Å². The number of Topliss-reactive ketones (excluding diaryl/α,β-unsaturated/α-hetero) is 1. The molecule has 3 fully saturated rings. The van der Waals surface area contributed by atoms with Gasteiger partial charge in [-0.3, -0.25) is 4.79 Å². The lowest BCUT2D eigenvalue weighted by atomic mass is 9.76. The summed E-state index contributed by atoms with van der Waals surface area (Å²) in [5.41, 5.74) is 0.370. The molecule has 4 nitrogen and oxygen atoms in total. The van der Waals surface area contributed by atoms with Crippen LogP contribution in [-0.4, -0.2) is 41.1 Å². The minimum atomic E-state index is -4.73. The average molecular weight is 370 g/mol. The normalized spacial score (nSPS) is 26.1. The maximum atomic E-state index is 12.7. The van der Waals surface area contributed by atoms with E-state index in [1.54, 1.807) is 0 Å². The molecule has 3 aliphatic heterocycles. The lowest BCUT2D eigenvalue weighted by Gasteiger charge is -2.44. The van der Waals surface area contributed by atoms with Crippen LogP contribution in [0.3, 0.4) is 0 Å². The van der Waals surface area contributed by atoms with Crippen molar-refractivity contribution in [2.45, 2.75) is 25.6 Å². The van der Waals surface area contributed by atoms with Gasteiger partial charge in [0.1, 0.15) is 11.4 Å². The van der Waals surface area contributed by atoms with E-state index in [-0.39, 0.29) is 11.5 Å². The standard InChI is InChI=1S/C17H17F3N2O2S/c18-17(19,20)24-12-1-2-13-15(8-12)25-21-16(13)14(23)7-11-9-22-5-3-10(11)4-6-22/h1-2,8,10-11H,3-7,9H2/t11-/m0/s1. The number of fused-ring (bicyclic) bond motifs is 4. The smallest absolute Gasteiger partial charge is 0.406 e. The largest absolute Gasteiger partial charge is 0.573 e. The van der Waals surface area contributed by atoms with Gasteiger partial charge < -0.3 is 9.64 Å². The van der Waals surface area contributed by atoms with Crippen molar-refractivity contribution >= 4 is 27.4 Å². The quantitative estimate of drug-likeness (QED) is 0.760. The predicted octanol–water partition coefficient (Wildman–Crippen LogP) is 4.11. The number of hydrogen-bond donors (Lipinski definition) is 0. The molecule has 0 amide bonds. The molecule has 0 saturated carbocycles. The van der Waals surface area contributed by atoms with Crippen molar-refractivity contribution in [2.75, 3.05) is 19.6 Å². The molecule has 1 atom stereocenters. The van der Waals surface area contributed by atoms with Crippen LogP contribution < -0.4 is 4.74 Å². The molecule has 1 aromatic carbocycles.